The van der Waals surface area contributed by atoms with Crippen molar-refractivity contribution in [3.63, 3.8) is 0 Å². The van der Waals surface area contributed by atoms with Crippen molar-refractivity contribution in [2.45, 2.75) is 81.1 Å². The molecule has 7 atom stereocenters. The third kappa shape index (κ3) is 6.54. The lowest BCUT2D eigenvalue weighted by molar-refractivity contribution is -0.186. The number of aliphatic hydroxyl groups excluding tert-OH is 1. The molecule has 65 heavy (non-hydrogen) atoms. The molecule has 5 aromatic rings. The fourth-order valence-corrected chi connectivity index (χ4v) is 13.2. The molecule has 12 rings (SSSR count). The predicted octanol–water partition coefficient (Wildman–Crippen LogP) is 6.94. The Labute approximate surface area is 382 Å². The lowest BCUT2D eigenvalue weighted by Gasteiger charge is -2.62. The molecular weight excluding hydrogens is 847 g/mol. The molecule has 338 valence electrons. The van der Waals surface area contributed by atoms with Gasteiger partial charge < -0.3 is 43.4 Å². The molecule has 2 saturated heterocycles. The quantitative estimate of drug-likeness (QED) is 0.139. The number of rotatable bonds is 8. The largest absolute Gasteiger partial charge is 0.504 e. The monoisotopic (exact) mass is 899 g/mol. The lowest BCUT2D eigenvalue weighted by Crippen LogP contribution is -2.70. The molecule has 0 radical (unpaired) electrons. The number of fused-ring (bicyclic) bond motifs is 9. The molecule has 5 aromatic carbocycles. The van der Waals surface area contributed by atoms with Crippen LogP contribution in [0, 0.1) is 13.8 Å². The highest BCUT2D eigenvalue weighted by Crippen LogP contribution is 2.64. The minimum atomic E-state index is -1.31. The van der Waals surface area contributed by atoms with Gasteiger partial charge in [0.15, 0.2) is 40.0 Å². The van der Waals surface area contributed by atoms with Gasteiger partial charge in [-0.25, -0.2) is 4.79 Å². The Kier molecular flexibility index (Phi) is 10.6. The Hall–Kier alpha value is -5.64. The second kappa shape index (κ2) is 16.4. The zero-order chi connectivity index (χ0) is 44.7. The first-order chi connectivity index (χ1) is 31.6. The summed E-state index contributed by atoms with van der Waals surface area (Å²) in [7, 11) is 5.29. The van der Waals surface area contributed by atoms with Crippen molar-refractivity contribution in [1.29, 1.82) is 0 Å². The summed E-state index contributed by atoms with van der Waals surface area (Å²) < 4.78 is 45.1. The summed E-state index contributed by atoms with van der Waals surface area (Å²) >= 11 is 1.62. The third-order valence-corrected chi connectivity index (χ3v) is 15.9. The van der Waals surface area contributed by atoms with E-state index in [9.17, 15) is 10.2 Å². The molecule has 7 heterocycles. The summed E-state index contributed by atoms with van der Waals surface area (Å²) in [5.74, 6) is 3.25. The van der Waals surface area contributed by atoms with Gasteiger partial charge >= 0.3 is 5.97 Å². The molecule has 1 spiro atoms. The molecule has 7 aliphatic rings. The Morgan fingerprint density at radius 1 is 0.846 bits per heavy atom. The average Bonchev–Trinajstić information content (AvgIpc) is 3.82. The molecule has 1 unspecified atom stereocenters. The van der Waals surface area contributed by atoms with E-state index < -0.39 is 35.1 Å². The van der Waals surface area contributed by atoms with Crippen LogP contribution in [0.3, 0.4) is 0 Å². The minimum absolute atomic E-state index is 0.0141. The number of phenols is 1. The Balaban J connectivity index is 1.15. The van der Waals surface area contributed by atoms with Crippen LogP contribution in [0.15, 0.2) is 78.9 Å². The van der Waals surface area contributed by atoms with Crippen LogP contribution in [0.5, 0.6) is 40.2 Å². The first kappa shape index (κ1) is 42.0. The Morgan fingerprint density at radius 2 is 1.55 bits per heavy atom. The number of carbonyl (C=O) groups excluding carboxylic acids is 1. The number of thioether (sulfide) groups is 1. The van der Waals surface area contributed by atoms with Crippen molar-refractivity contribution in [2.75, 3.05) is 47.0 Å². The van der Waals surface area contributed by atoms with Gasteiger partial charge in [-0.2, -0.15) is 0 Å². The summed E-state index contributed by atoms with van der Waals surface area (Å²) in [5.41, 5.74) is 7.83. The average molecular weight is 900 g/mol. The maximum Gasteiger partial charge on any atom is 0.331 e. The van der Waals surface area contributed by atoms with Gasteiger partial charge in [0.2, 0.25) is 6.79 Å². The Bertz CT molecular complexity index is 2690. The fourth-order valence-electron chi connectivity index (χ4n) is 11.5. The second-order valence-corrected chi connectivity index (χ2v) is 19.0. The highest BCUT2D eigenvalue weighted by atomic mass is 32.2. The number of hydrogen-bond donors (Lipinski definition) is 3. The van der Waals surface area contributed by atoms with E-state index in [4.69, 9.17) is 33.2 Å². The first-order valence-electron chi connectivity index (χ1n) is 22.2. The molecule has 0 aliphatic carbocycles. The Morgan fingerprint density at radius 3 is 2.26 bits per heavy atom. The summed E-state index contributed by atoms with van der Waals surface area (Å²) in [6.45, 7) is 5.08. The molecule has 2 fully saturated rings. The molecular formula is C51H53N3O10S. The SMILES string of the molecule is COc1cc2c(cc1O)CCN[C@]21CS[C@@H]2c3c(OCc4ccccc4)c(C)c4c(c3[C@@H](COC1=O)N1C2[C@H]2c3c(cc(C)c(OC)c3OCc3ccccc3)C[C@H]([C@@H]1O)N2C)OCO4. The highest BCUT2D eigenvalue weighted by molar-refractivity contribution is 7.99. The molecule has 4 bridgehead atoms. The molecule has 7 aliphatic heterocycles. The van der Waals surface area contributed by atoms with Gasteiger partial charge in [-0.3, -0.25) is 15.1 Å². The molecule has 13 nitrogen and oxygen atoms in total. The van der Waals surface area contributed by atoms with Gasteiger partial charge in [0.05, 0.1) is 37.6 Å². The van der Waals surface area contributed by atoms with Gasteiger partial charge in [-0.1, -0.05) is 66.7 Å². The number of phenolic OH excluding ortho intramolecular Hbond substituents is 1. The third-order valence-electron chi connectivity index (χ3n) is 14.5. The van der Waals surface area contributed by atoms with Gasteiger partial charge in [0.25, 0.3) is 0 Å². The van der Waals surface area contributed by atoms with E-state index >= 15 is 4.79 Å². The minimum Gasteiger partial charge on any atom is -0.504 e. The van der Waals surface area contributed by atoms with Gasteiger partial charge in [0, 0.05) is 40.6 Å². The summed E-state index contributed by atoms with van der Waals surface area (Å²) in [4.78, 5) is 19.5. The predicted molar refractivity (Wildman–Crippen MR) is 243 cm³/mol. The first-order valence-corrected chi connectivity index (χ1v) is 23.3. The van der Waals surface area contributed by atoms with E-state index in [1.807, 2.05) is 62.4 Å². The number of nitrogens with zero attached hydrogens (tertiary/aromatic N) is 2. The number of benzene rings is 5. The normalized spacial score (nSPS) is 26.3. The van der Waals surface area contributed by atoms with Crippen LogP contribution >= 0.6 is 11.8 Å². The van der Waals surface area contributed by atoms with Crippen LogP contribution in [-0.2, 0) is 41.1 Å². The zero-order valence-corrected chi connectivity index (χ0v) is 37.9. The van der Waals surface area contributed by atoms with Crippen LogP contribution in [0.1, 0.15) is 73.0 Å². The van der Waals surface area contributed by atoms with Gasteiger partial charge in [-0.15, -0.1) is 11.8 Å². The lowest BCUT2D eigenvalue weighted by atomic mass is 9.73. The van der Waals surface area contributed by atoms with Crippen molar-refractivity contribution in [2.24, 2.45) is 0 Å². The molecule has 3 N–H and O–H groups in total. The van der Waals surface area contributed by atoms with E-state index in [1.165, 1.54) is 7.11 Å². The number of hydrogen-bond acceptors (Lipinski definition) is 14. The van der Waals surface area contributed by atoms with E-state index in [0.717, 1.165) is 50.1 Å². The number of esters is 1. The number of aromatic hydroxyl groups is 1. The van der Waals surface area contributed by atoms with Crippen LogP contribution in [0.2, 0.25) is 0 Å². The van der Waals surface area contributed by atoms with Gasteiger partial charge in [-0.05, 0) is 79.3 Å². The number of carbonyl (C=O) groups is 1. The van der Waals surface area contributed by atoms with Crippen molar-refractivity contribution in [1.82, 2.24) is 15.1 Å². The number of likely N-dealkylation sites (N-methyl/N-ethyl adjacent to an activating group) is 1. The maximum atomic E-state index is 15.0. The van der Waals surface area contributed by atoms with Crippen molar-refractivity contribution < 1.29 is 48.2 Å². The van der Waals surface area contributed by atoms with E-state index in [0.29, 0.717) is 66.9 Å². The van der Waals surface area contributed by atoms with Crippen LogP contribution < -0.4 is 33.7 Å². The van der Waals surface area contributed by atoms with Crippen LogP contribution in [0.25, 0.3) is 0 Å². The molecule has 0 aromatic heterocycles. The molecule has 0 amide bonds. The number of aliphatic hydroxyl groups is 1. The topological polar surface area (TPSA) is 141 Å². The van der Waals surface area contributed by atoms with E-state index in [-0.39, 0.29) is 42.7 Å². The summed E-state index contributed by atoms with van der Waals surface area (Å²) in [6, 6.07) is 24.1. The maximum absolute atomic E-state index is 15.0. The highest BCUT2D eigenvalue weighted by Gasteiger charge is 2.61. The summed E-state index contributed by atoms with van der Waals surface area (Å²) in [5, 5.41) is 27.1. The number of methoxy groups -OCH3 is 2. The number of ether oxygens (including phenoxy) is 7. The molecule has 14 heteroatoms. The van der Waals surface area contributed by atoms with Crippen LogP contribution in [-0.4, -0.2) is 91.3 Å². The smallest absolute Gasteiger partial charge is 0.331 e. The van der Waals surface area contributed by atoms with E-state index in [1.54, 1.807) is 31.0 Å². The fraction of sp³-hybridized carbons (Fsp3) is 0.392. The van der Waals surface area contributed by atoms with Gasteiger partial charge in [0.1, 0.15) is 31.8 Å². The van der Waals surface area contributed by atoms with Crippen molar-refractivity contribution in [3.05, 3.63) is 134 Å². The van der Waals surface area contributed by atoms with Crippen molar-refractivity contribution in [3.8, 4) is 40.2 Å². The zero-order valence-electron chi connectivity index (χ0n) is 37.1. The van der Waals surface area contributed by atoms with Crippen molar-refractivity contribution >= 4 is 17.7 Å². The van der Waals surface area contributed by atoms with Crippen LogP contribution in [0.4, 0.5) is 0 Å². The molecule has 0 saturated carbocycles. The summed E-state index contributed by atoms with van der Waals surface area (Å²) in [6.07, 6.45) is 0.168. The second-order valence-electron chi connectivity index (χ2n) is 17.9. The number of piperazine rings is 1. The van der Waals surface area contributed by atoms with E-state index in [2.05, 4.69) is 40.4 Å². The number of aryl methyl sites for hydroxylation is 1. The standard InChI is InChI=1S/C51H53N3O10S/c1-27-18-32-19-34-49(56)54-35-24-62-50(57)51(33-21-37(58-4)36(55)20-31(33)16-17-52-51)25-65-48(40-39(35)47-45(63-26-64-47)28(2)44(40)60-22-29-12-8-6-9-13-29)42(54)41(53(34)3)38(32)46(43(27)59-5)61-23-30-14-10-7-11-15-30/h6-15,18,20-21,34-35,41-42,48-49,52,55-56H,16-17,19,22-26H2,1-5H3/t34-,35-,41-,42?,48-,49+,51-/m1/s1. The number of nitrogens with one attached hydrogen (secondary N) is 1.